The predicted molar refractivity (Wildman–Crippen MR) is 104 cm³/mol. The van der Waals surface area contributed by atoms with Crippen LogP contribution in [0, 0.1) is 34.8 Å². The van der Waals surface area contributed by atoms with E-state index in [4.69, 9.17) is 0 Å². The van der Waals surface area contributed by atoms with E-state index >= 15 is 0 Å². The highest BCUT2D eigenvalue weighted by molar-refractivity contribution is 5.91. The number of nitrogens with one attached hydrogen (secondary N) is 1. The molecule has 0 radical (unpaired) electrons. The van der Waals surface area contributed by atoms with Crippen molar-refractivity contribution in [3.8, 4) is 0 Å². The Bertz CT molecular complexity index is 785. The Morgan fingerprint density at radius 1 is 1.00 bits per heavy atom. The molecule has 0 aromatic heterocycles. The lowest BCUT2D eigenvalue weighted by Gasteiger charge is -2.56. The summed E-state index contributed by atoms with van der Waals surface area (Å²) in [5.41, 5.74) is 0.136. The van der Waals surface area contributed by atoms with Crippen LogP contribution in [0.3, 0.4) is 0 Å². The maximum atomic E-state index is 13.6. The zero-order valence-electron chi connectivity index (χ0n) is 16.6. The van der Waals surface area contributed by atoms with Crippen LogP contribution in [0.5, 0.6) is 0 Å². The average molecular weight is 402 g/mol. The molecular weight excluding hydrogens is 374 g/mol. The van der Waals surface area contributed by atoms with Gasteiger partial charge >= 0.3 is 0 Å². The van der Waals surface area contributed by atoms with E-state index in [-0.39, 0.29) is 23.8 Å². The number of amides is 2. The second-order valence-electron chi connectivity index (χ2n) is 9.85. The molecule has 29 heavy (non-hydrogen) atoms. The van der Waals surface area contributed by atoms with Gasteiger partial charge in [-0.25, -0.2) is 8.78 Å². The van der Waals surface area contributed by atoms with Gasteiger partial charge in [-0.05, 0) is 86.8 Å². The molecule has 1 aliphatic heterocycles. The summed E-state index contributed by atoms with van der Waals surface area (Å²) in [6.07, 6.45) is 8.29. The van der Waals surface area contributed by atoms with Crippen LogP contribution >= 0.6 is 0 Å². The van der Waals surface area contributed by atoms with Gasteiger partial charge in [0.25, 0.3) is 0 Å². The number of rotatable bonds is 4. The van der Waals surface area contributed by atoms with E-state index in [1.807, 2.05) is 4.90 Å². The second kappa shape index (κ2) is 7.06. The van der Waals surface area contributed by atoms with Crippen molar-refractivity contribution in [2.75, 3.05) is 6.54 Å². The maximum Gasteiger partial charge on any atom is 0.243 e. The average Bonchev–Trinajstić information content (AvgIpc) is 3.13. The van der Waals surface area contributed by atoms with Crippen molar-refractivity contribution in [1.82, 2.24) is 10.2 Å². The zero-order valence-corrected chi connectivity index (χ0v) is 16.6. The molecule has 5 aliphatic rings. The molecule has 156 valence electrons. The molecule has 1 aromatic rings. The molecule has 0 spiro atoms. The van der Waals surface area contributed by atoms with Crippen LogP contribution < -0.4 is 5.32 Å². The Hall–Kier alpha value is -1.98. The molecule has 1 atom stereocenters. The third-order valence-corrected chi connectivity index (χ3v) is 7.70. The van der Waals surface area contributed by atoms with Gasteiger partial charge in [0.05, 0.1) is 5.41 Å². The van der Waals surface area contributed by atoms with Crippen LogP contribution in [0.15, 0.2) is 18.2 Å². The first kappa shape index (κ1) is 19.0. The third-order valence-electron chi connectivity index (χ3n) is 7.70. The molecule has 4 aliphatic carbocycles. The van der Waals surface area contributed by atoms with Gasteiger partial charge in [0.1, 0.15) is 17.7 Å². The zero-order chi connectivity index (χ0) is 20.2. The lowest BCUT2D eigenvalue weighted by molar-refractivity contribution is -0.160. The van der Waals surface area contributed by atoms with Gasteiger partial charge in [-0.3, -0.25) is 9.59 Å². The lowest BCUT2D eigenvalue weighted by atomic mass is 9.49. The van der Waals surface area contributed by atoms with Crippen molar-refractivity contribution >= 4 is 11.8 Å². The molecule has 4 bridgehead atoms. The van der Waals surface area contributed by atoms with Crippen LogP contribution in [0.25, 0.3) is 0 Å². The van der Waals surface area contributed by atoms with E-state index in [1.165, 1.54) is 31.4 Å². The van der Waals surface area contributed by atoms with Gasteiger partial charge in [-0.2, -0.15) is 0 Å². The summed E-state index contributed by atoms with van der Waals surface area (Å²) in [4.78, 5) is 28.3. The van der Waals surface area contributed by atoms with Crippen LogP contribution in [-0.2, 0) is 16.1 Å². The fourth-order valence-corrected chi connectivity index (χ4v) is 6.98. The first-order valence-corrected chi connectivity index (χ1v) is 11.0. The number of likely N-dealkylation sites (tertiary alicyclic amines) is 1. The molecule has 4 nitrogen and oxygen atoms in total. The molecule has 6 rings (SSSR count). The van der Waals surface area contributed by atoms with Crippen molar-refractivity contribution < 1.29 is 18.4 Å². The van der Waals surface area contributed by atoms with Gasteiger partial charge in [0.2, 0.25) is 11.8 Å². The van der Waals surface area contributed by atoms with Crippen LogP contribution in [-0.4, -0.2) is 29.3 Å². The Morgan fingerprint density at radius 2 is 1.59 bits per heavy atom. The van der Waals surface area contributed by atoms with Gasteiger partial charge in [0.15, 0.2) is 0 Å². The molecule has 5 fully saturated rings. The Morgan fingerprint density at radius 3 is 2.17 bits per heavy atom. The molecule has 1 heterocycles. The van der Waals surface area contributed by atoms with Crippen molar-refractivity contribution in [3.05, 3.63) is 35.4 Å². The Balaban J connectivity index is 1.27. The minimum absolute atomic E-state index is 0.0589. The number of carbonyl (C=O) groups excluding carboxylic acids is 2. The largest absolute Gasteiger partial charge is 0.350 e. The number of hydrogen-bond donors (Lipinski definition) is 1. The highest BCUT2D eigenvalue weighted by atomic mass is 19.1. The van der Waals surface area contributed by atoms with Gasteiger partial charge in [-0.1, -0.05) is 0 Å². The van der Waals surface area contributed by atoms with Crippen molar-refractivity contribution in [2.24, 2.45) is 23.2 Å². The molecule has 4 saturated carbocycles. The molecule has 1 N–H and O–H groups in total. The minimum Gasteiger partial charge on any atom is -0.350 e. The van der Waals surface area contributed by atoms with Crippen LogP contribution in [0.1, 0.15) is 56.9 Å². The van der Waals surface area contributed by atoms with E-state index in [0.29, 0.717) is 36.3 Å². The van der Waals surface area contributed by atoms with Gasteiger partial charge < -0.3 is 10.2 Å². The van der Waals surface area contributed by atoms with E-state index in [9.17, 15) is 18.4 Å². The Labute approximate surface area is 170 Å². The fraction of sp³-hybridized carbons (Fsp3) is 0.652. The van der Waals surface area contributed by atoms with Gasteiger partial charge in [0, 0.05) is 19.2 Å². The summed E-state index contributed by atoms with van der Waals surface area (Å²) >= 11 is 0. The van der Waals surface area contributed by atoms with E-state index in [0.717, 1.165) is 31.7 Å². The predicted octanol–water partition coefficient (Wildman–Crippen LogP) is 3.79. The number of carbonyl (C=O) groups is 2. The standard InChI is InChI=1S/C23H28F2N2O2/c24-18-7-17(8-19(25)9-18)13-26-21(28)20-2-1-3-27(20)22(29)23-10-14-4-15(11-23)6-16(5-14)12-23/h7-9,14-16,20H,1-6,10-13H2,(H,26,28). The molecule has 1 unspecified atom stereocenters. The van der Waals surface area contributed by atoms with Crippen LogP contribution in [0.4, 0.5) is 8.78 Å². The molecule has 1 aromatic carbocycles. The number of benzene rings is 1. The molecule has 2 amide bonds. The minimum atomic E-state index is -0.659. The summed E-state index contributed by atoms with van der Waals surface area (Å²) < 4.78 is 26.8. The summed E-state index contributed by atoms with van der Waals surface area (Å²) in [5.74, 6) is 0.702. The van der Waals surface area contributed by atoms with Crippen molar-refractivity contribution in [2.45, 2.75) is 64.0 Å². The number of halogens is 2. The highest BCUT2D eigenvalue weighted by Gasteiger charge is 2.56. The SMILES string of the molecule is O=C(NCc1cc(F)cc(F)c1)C1CCCN1C(=O)C12CC3CC(CC(C3)C1)C2. The second-order valence-corrected chi connectivity index (χ2v) is 9.85. The van der Waals surface area contributed by atoms with Crippen molar-refractivity contribution in [1.29, 1.82) is 0 Å². The fourth-order valence-electron chi connectivity index (χ4n) is 6.98. The maximum absolute atomic E-state index is 13.6. The quantitative estimate of drug-likeness (QED) is 0.833. The summed E-state index contributed by atoms with van der Waals surface area (Å²) in [7, 11) is 0. The van der Waals surface area contributed by atoms with Gasteiger partial charge in [-0.15, -0.1) is 0 Å². The number of hydrogen-bond acceptors (Lipinski definition) is 2. The first-order valence-electron chi connectivity index (χ1n) is 11.0. The monoisotopic (exact) mass is 402 g/mol. The summed E-state index contributed by atoms with van der Waals surface area (Å²) in [6, 6.07) is 2.79. The first-order chi connectivity index (χ1) is 13.9. The van der Waals surface area contributed by atoms with Crippen molar-refractivity contribution in [3.63, 3.8) is 0 Å². The topological polar surface area (TPSA) is 49.4 Å². The molecule has 1 saturated heterocycles. The summed E-state index contributed by atoms with van der Waals surface area (Å²) in [6.45, 7) is 0.691. The highest BCUT2D eigenvalue weighted by Crippen LogP contribution is 2.60. The van der Waals surface area contributed by atoms with Crippen LogP contribution in [0.2, 0.25) is 0 Å². The third kappa shape index (κ3) is 3.44. The number of nitrogens with zero attached hydrogens (tertiary/aromatic N) is 1. The molecule has 6 heteroatoms. The lowest BCUT2D eigenvalue weighted by Crippen LogP contribution is -2.57. The normalized spacial score (nSPS) is 35.2. The Kier molecular flexibility index (Phi) is 4.63. The smallest absolute Gasteiger partial charge is 0.243 e. The summed E-state index contributed by atoms with van der Waals surface area (Å²) in [5, 5.41) is 2.79. The van der Waals surface area contributed by atoms with E-state index < -0.39 is 17.7 Å². The van der Waals surface area contributed by atoms with E-state index in [1.54, 1.807) is 0 Å². The molecular formula is C23H28F2N2O2. The van der Waals surface area contributed by atoms with E-state index in [2.05, 4.69) is 5.32 Å².